The van der Waals surface area contributed by atoms with Gasteiger partial charge in [0.2, 0.25) is 5.91 Å². The number of benzene rings is 1. The molecule has 0 aliphatic carbocycles. The molecule has 0 saturated heterocycles. The standard InChI is InChI=1S/C17H27NO3/c1-11(2)15(19)9-17(20)18-10-14-7-6-13(5)8-16(14)21-12(3)4/h6-8,11-12,15,19H,9-10H2,1-5H3,(H,18,20). The maximum absolute atomic E-state index is 11.8. The van der Waals surface area contributed by atoms with E-state index in [4.69, 9.17) is 4.74 Å². The Labute approximate surface area is 127 Å². The lowest BCUT2D eigenvalue weighted by Gasteiger charge is -2.17. The largest absolute Gasteiger partial charge is 0.491 e. The molecule has 1 unspecified atom stereocenters. The summed E-state index contributed by atoms with van der Waals surface area (Å²) < 4.78 is 5.78. The summed E-state index contributed by atoms with van der Waals surface area (Å²) in [7, 11) is 0. The molecule has 21 heavy (non-hydrogen) atoms. The molecule has 1 rings (SSSR count). The van der Waals surface area contributed by atoms with Crippen LogP contribution in [-0.2, 0) is 11.3 Å². The van der Waals surface area contributed by atoms with Gasteiger partial charge < -0.3 is 15.2 Å². The lowest BCUT2D eigenvalue weighted by molar-refractivity contribution is -0.123. The number of amides is 1. The van der Waals surface area contributed by atoms with Gasteiger partial charge in [-0.15, -0.1) is 0 Å². The highest BCUT2D eigenvalue weighted by molar-refractivity contribution is 5.76. The maximum Gasteiger partial charge on any atom is 0.222 e. The predicted molar refractivity (Wildman–Crippen MR) is 84.3 cm³/mol. The molecular weight excluding hydrogens is 266 g/mol. The topological polar surface area (TPSA) is 58.6 Å². The number of rotatable bonds is 7. The van der Waals surface area contributed by atoms with E-state index >= 15 is 0 Å². The lowest BCUT2D eigenvalue weighted by atomic mass is 10.0. The third kappa shape index (κ3) is 6.17. The highest BCUT2D eigenvalue weighted by Gasteiger charge is 2.14. The zero-order valence-corrected chi connectivity index (χ0v) is 13.6. The Hall–Kier alpha value is -1.55. The lowest BCUT2D eigenvalue weighted by Crippen LogP contribution is -2.29. The number of hydrogen-bond donors (Lipinski definition) is 2. The number of aliphatic hydroxyl groups is 1. The van der Waals surface area contributed by atoms with Crippen LogP contribution in [0.2, 0.25) is 0 Å². The summed E-state index contributed by atoms with van der Waals surface area (Å²) in [4.78, 5) is 11.8. The fourth-order valence-corrected chi connectivity index (χ4v) is 1.86. The van der Waals surface area contributed by atoms with Crippen LogP contribution in [0, 0.1) is 12.8 Å². The molecule has 1 aromatic carbocycles. The van der Waals surface area contributed by atoms with Crippen molar-refractivity contribution in [1.82, 2.24) is 5.32 Å². The molecule has 2 N–H and O–H groups in total. The summed E-state index contributed by atoms with van der Waals surface area (Å²) in [5.41, 5.74) is 2.07. The van der Waals surface area contributed by atoms with Crippen molar-refractivity contribution in [3.05, 3.63) is 29.3 Å². The molecule has 4 nitrogen and oxygen atoms in total. The normalized spacial score (nSPS) is 12.6. The van der Waals surface area contributed by atoms with E-state index < -0.39 is 6.10 Å². The van der Waals surface area contributed by atoms with E-state index in [1.807, 2.05) is 52.8 Å². The molecular formula is C17H27NO3. The first-order valence-electron chi connectivity index (χ1n) is 7.50. The zero-order chi connectivity index (χ0) is 16.0. The quantitative estimate of drug-likeness (QED) is 0.812. The highest BCUT2D eigenvalue weighted by Crippen LogP contribution is 2.21. The molecule has 0 aliphatic rings. The van der Waals surface area contributed by atoms with Crippen molar-refractivity contribution in [2.45, 2.75) is 59.8 Å². The first-order valence-corrected chi connectivity index (χ1v) is 7.50. The number of carbonyl (C=O) groups excluding carboxylic acids is 1. The van der Waals surface area contributed by atoms with Crippen LogP contribution in [0.4, 0.5) is 0 Å². The van der Waals surface area contributed by atoms with Crippen LogP contribution in [0.3, 0.4) is 0 Å². The number of aliphatic hydroxyl groups excluding tert-OH is 1. The molecule has 4 heteroatoms. The summed E-state index contributed by atoms with van der Waals surface area (Å²) in [5, 5.41) is 12.6. The van der Waals surface area contributed by atoms with Gasteiger partial charge in [0, 0.05) is 12.1 Å². The van der Waals surface area contributed by atoms with Gasteiger partial charge in [-0.2, -0.15) is 0 Å². The number of carbonyl (C=O) groups is 1. The van der Waals surface area contributed by atoms with Crippen LogP contribution >= 0.6 is 0 Å². The van der Waals surface area contributed by atoms with Crippen molar-refractivity contribution in [3.8, 4) is 5.75 Å². The predicted octanol–water partition coefficient (Wildman–Crippen LogP) is 2.81. The van der Waals surface area contributed by atoms with Crippen LogP contribution in [-0.4, -0.2) is 23.2 Å². The average Bonchev–Trinajstić information content (AvgIpc) is 2.36. The molecule has 0 heterocycles. The van der Waals surface area contributed by atoms with E-state index in [2.05, 4.69) is 5.32 Å². The Bertz CT molecular complexity index is 469. The fourth-order valence-electron chi connectivity index (χ4n) is 1.86. The molecule has 0 aliphatic heterocycles. The second-order valence-electron chi connectivity index (χ2n) is 6.07. The second-order valence-corrected chi connectivity index (χ2v) is 6.07. The maximum atomic E-state index is 11.8. The van der Waals surface area contributed by atoms with Crippen LogP contribution in [0.15, 0.2) is 18.2 Å². The van der Waals surface area contributed by atoms with E-state index in [0.29, 0.717) is 6.54 Å². The molecule has 0 radical (unpaired) electrons. The molecule has 0 bridgehead atoms. The summed E-state index contributed by atoms with van der Waals surface area (Å²) in [6.07, 6.45) is -0.386. The van der Waals surface area contributed by atoms with E-state index in [0.717, 1.165) is 16.9 Å². The third-order valence-electron chi connectivity index (χ3n) is 3.23. The average molecular weight is 293 g/mol. The van der Waals surface area contributed by atoms with Gasteiger partial charge in [0.1, 0.15) is 5.75 Å². The van der Waals surface area contributed by atoms with Gasteiger partial charge in [-0.25, -0.2) is 0 Å². The van der Waals surface area contributed by atoms with Crippen LogP contribution in [0.1, 0.15) is 45.2 Å². The molecule has 0 aromatic heterocycles. The van der Waals surface area contributed by atoms with Gasteiger partial charge in [0.25, 0.3) is 0 Å². The van der Waals surface area contributed by atoms with E-state index in [9.17, 15) is 9.90 Å². The number of nitrogens with one attached hydrogen (secondary N) is 1. The van der Waals surface area contributed by atoms with Crippen LogP contribution in [0.5, 0.6) is 5.75 Å². The highest BCUT2D eigenvalue weighted by atomic mass is 16.5. The van der Waals surface area contributed by atoms with Crippen LogP contribution in [0.25, 0.3) is 0 Å². The van der Waals surface area contributed by atoms with Crippen molar-refractivity contribution in [3.63, 3.8) is 0 Å². The Kier molecular flexibility index (Phi) is 6.69. The zero-order valence-electron chi connectivity index (χ0n) is 13.6. The van der Waals surface area contributed by atoms with Crippen molar-refractivity contribution < 1.29 is 14.6 Å². The monoisotopic (exact) mass is 293 g/mol. The molecule has 118 valence electrons. The van der Waals surface area contributed by atoms with Gasteiger partial charge in [-0.3, -0.25) is 4.79 Å². The summed E-state index contributed by atoms with van der Waals surface area (Å²) in [6, 6.07) is 5.94. The number of ether oxygens (including phenoxy) is 1. The summed E-state index contributed by atoms with van der Waals surface area (Å²) in [5.74, 6) is 0.733. The molecule has 1 aromatic rings. The van der Waals surface area contributed by atoms with Crippen LogP contribution < -0.4 is 10.1 Å². The van der Waals surface area contributed by atoms with Crippen molar-refractivity contribution in [2.24, 2.45) is 5.92 Å². The molecule has 1 atom stereocenters. The second kappa shape index (κ2) is 8.03. The van der Waals surface area contributed by atoms with Gasteiger partial charge in [0.15, 0.2) is 0 Å². The SMILES string of the molecule is Cc1ccc(CNC(=O)CC(O)C(C)C)c(OC(C)C)c1. The van der Waals surface area contributed by atoms with E-state index in [1.54, 1.807) is 0 Å². The first kappa shape index (κ1) is 17.5. The molecule has 1 amide bonds. The number of hydrogen-bond acceptors (Lipinski definition) is 3. The third-order valence-corrected chi connectivity index (χ3v) is 3.23. The number of aryl methyl sites for hydroxylation is 1. The van der Waals surface area contributed by atoms with Gasteiger partial charge >= 0.3 is 0 Å². The van der Waals surface area contributed by atoms with E-state index in [1.165, 1.54) is 0 Å². The summed E-state index contributed by atoms with van der Waals surface area (Å²) in [6.45, 7) is 10.2. The van der Waals surface area contributed by atoms with Crippen molar-refractivity contribution in [2.75, 3.05) is 0 Å². The van der Waals surface area contributed by atoms with Gasteiger partial charge in [0.05, 0.1) is 18.6 Å². The summed E-state index contributed by atoms with van der Waals surface area (Å²) >= 11 is 0. The smallest absolute Gasteiger partial charge is 0.222 e. The van der Waals surface area contributed by atoms with Crippen molar-refractivity contribution >= 4 is 5.91 Å². The Morgan fingerprint density at radius 2 is 1.95 bits per heavy atom. The van der Waals surface area contributed by atoms with Gasteiger partial charge in [-0.1, -0.05) is 26.0 Å². The Balaban J connectivity index is 2.64. The molecule has 0 fully saturated rings. The fraction of sp³-hybridized carbons (Fsp3) is 0.588. The van der Waals surface area contributed by atoms with Crippen molar-refractivity contribution in [1.29, 1.82) is 0 Å². The Morgan fingerprint density at radius 1 is 1.29 bits per heavy atom. The minimum absolute atomic E-state index is 0.0787. The Morgan fingerprint density at radius 3 is 2.52 bits per heavy atom. The van der Waals surface area contributed by atoms with Gasteiger partial charge in [-0.05, 0) is 38.3 Å². The van der Waals surface area contributed by atoms with E-state index in [-0.39, 0.29) is 24.3 Å². The molecule has 0 spiro atoms. The minimum Gasteiger partial charge on any atom is -0.491 e. The molecule has 0 saturated carbocycles. The minimum atomic E-state index is -0.602. The first-order chi connectivity index (χ1) is 9.79.